The average Bonchev–Trinajstić information content (AvgIpc) is 3.36. The normalized spacial score (nSPS) is 14.6. The van der Waals surface area contributed by atoms with Crippen LogP contribution in [0, 0.1) is 0 Å². The molecule has 0 bridgehead atoms. The molecule has 10 heteroatoms. The largest absolute Gasteiger partial charge is 0.756 e. The first-order valence-electron chi connectivity index (χ1n) is 29.3. The highest BCUT2D eigenvalue weighted by atomic mass is 31.2. The van der Waals surface area contributed by atoms with Gasteiger partial charge in [0.05, 0.1) is 33.8 Å². The lowest BCUT2D eigenvalue weighted by atomic mass is 10.1. The summed E-state index contributed by atoms with van der Waals surface area (Å²) in [6.07, 6.45) is 73.1. The van der Waals surface area contributed by atoms with Crippen molar-refractivity contribution < 1.29 is 37.3 Å². The van der Waals surface area contributed by atoms with Crippen LogP contribution in [0.2, 0.25) is 0 Å². The molecule has 0 rings (SSSR count). The van der Waals surface area contributed by atoms with Crippen molar-refractivity contribution in [1.82, 2.24) is 5.32 Å². The van der Waals surface area contributed by atoms with Gasteiger partial charge in [-0.05, 0) is 115 Å². The zero-order valence-electron chi connectivity index (χ0n) is 48.0. The molecule has 0 saturated heterocycles. The fraction of sp³-hybridized carbons (Fsp3) is 0.656. The van der Waals surface area contributed by atoms with Crippen LogP contribution in [0.25, 0.3) is 0 Å². The summed E-state index contributed by atoms with van der Waals surface area (Å²) in [5.41, 5.74) is 0. The highest BCUT2D eigenvalue weighted by Crippen LogP contribution is 2.38. The van der Waals surface area contributed by atoms with Crippen LogP contribution in [0.4, 0.5) is 0 Å². The van der Waals surface area contributed by atoms with E-state index in [1.807, 2.05) is 27.2 Å². The van der Waals surface area contributed by atoms with Crippen LogP contribution in [-0.4, -0.2) is 69.4 Å². The van der Waals surface area contributed by atoms with Crippen molar-refractivity contribution >= 4 is 19.7 Å². The SMILES string of the molecule is CC/C=C\C/C=C\C/C=C\C/C=C\C/C=C\C/C=C\CCCCC(=O)OC(/C=C/CCCCCCCCCCC)C(COP(=O)([O-])OCC[N+](C)(C)C)NC(=O)CCCCCCCC/C=C/C/C=C/C/C=C/CC. The minimum absolute atomic E-state index is 0.0390. The summed E-state index contributed by atoms with van der Waals surface area (Å²) < 4.78 is 30.2. The molecule has 1 N–H and O–H groups in total. The van der Waals surface area contributed by atoms with Crippen LogP contribution >= 0.6 is 7.82 Å². The number of quaternary nitrogens is 1. The van der Waals surface area contributed by atoms with E-state index in [4.69, 9.17) is 13.8 Å². The molecule has 422 valence electrons. The van der Waals surface area contributed by atoms with E-state index in [0.29, 0.717) is 23.9 Å². The standard InChI is InChI=1S/C64H109N2O7P/c1-7-10-13-16-19-22-25-27-29-31-32-33-34-35-37-39-42-45-48-51-54-57-64(68)73-62(55-52-49-46-43-40-24-21-18-15-12-9-3)61(60-72-74(69,70)71-59-58-66(4,5)6)65-63(67)56-53-50-47-44-41-38-36-30-28-26-23-20-17-14-11-8-2/h10-11,13-14,19-20,22-23,27-30,32-33,35,37,42,45,52,55,61-62H,7-9,12,15-18,21,24-26,31,34,36,38-41,43-44,46-51,53-54,56-60H2,1-6H3,(H-,65,67,69,70)/b13-10-,14-11+,22-19-,23-20+,29-27-,30-28+,33-32-,37-35-,45-42-,55-52+. The second-order valence-corrected chi connectivity index (χ2v) is 21.8. The molecule has 0 aromatic heterocycles. The van der Waals surface area contributed by atoms with Gasteiger partial charge in [-0.1, -0.05) is 213 Å². The van der Waals surface area contributed by atoms with Crippen molar-refractivity contribution in [2.45, 2.75) is 232 Å². The number of ether oxygens (including phenoxy) is 1. The lowest BCUT2D eigenvalue weighted by Gasteiger charge is -2.30. The number of carbonyl (C=O) groups excluding carboxylic acids is 2. The van der Waals surface area contributed by atoms with Gasteiger partial charge in [-0.25, -0.2) is 0 Å². The fourth-order valence-electron chi connectivity index (χ4n) is 7.65. The second-order valence-electron chi connectivity index (χ2n) is 20.4. The van der Waals surface area contributed by atoms with E-state index >= 15 is 0 Å². The van der Waals surface area contributed by atoms with Crippen LogP contribution in [-0.2, 0) is 27.9 Å². The van der Waals surface area contributed by atoms with E-state index in [1.165, 1.54) is 44.9 Å². The molecule has 3 unspecified atom stereocenters. The first-order valence-corrected chi connectivity index (χ1v) is 30.8. The lowest BCUT2D eigenvalue weighted by Crippen LogP contribution is -2.47. The van der Waals surface area contributed by atoms with E-state index in [2.05, 4.69) is 135 Å². The van der Waals surface area contributed by atoms with Crippen molar-refractivity contribution in [2.75, 3.05) is 40.9 Å². The molecule has 0 heterocycles. The summed E-state index contributed by atoms with van der Waals surface area (Å²) in [6, 6.07) is -0.921. The Labute approximate surface area is 454 Å². The maximum Gasteiger partial charge on any atom is 0.306 e. The van der Waals surface area contributed by atoms with Crippen LogP contribution in [0.1, 0.15) is 220 Å². The van der Waals surface area contributed by atoms with E-state index in [1.54, 1.807) is 6.08 Å². The number of nitrogens with zero attached hydrogens (tertiary/aromatic N) is 1. The van der Waals surface area contributed by atoms with E-state index in [9.17, 15) is 19.0 Å². The maximum atomic E-state index is 13.5. The topological polar surface area (TPSA) is 114 Å². The minimum Gasteiger partial charge on any atom is -0.756 e. The van der Waals surface area contributed by atoms with Crippen molar-refractivity contribution in [3.05, 3.63) is 122 Å². The Morgan fingerprint density at radius 2 is 0.865 bits per heavy atom. The number of rotatable bonds is 51. The smallest absolute Gasteiger partial charge is 0.306 e. The first-order chi connectivity index (χ1) is 35.9. The molecular weight excluding hydrogens is 940 g/mol. The zero-order valence-corrected chi connectivity index (χ0v) is 48.9. The number of allylic oxidation sites excluding steroid dienone is 19. The Hall–Kier alpha value is -3.59. The predicted molar refractivity (Wildman–Crippen MR) is 316 cm³/mol. The maximum absolute atomic E-state index is 13.5. The third-order valence-corrected chi connectivity index (χ3v) is 13.1. The summed E-state index contributed by atoms with van der Waals surface area (Å²) in [5, 5.41) is 3.00. The van der Waals surface area contributed by atoms with E-state index in [-0.39, 0.29) is 25.4 Å². The molecule has 0 spiro atoms. The van der Waals surface area contributed by atoms with Crippen LogP contribution < -0.4 is 10.2 Å². The molecule has 0 aliphatic carbocycles. The third kappa shape index (κ3) is 53.2. The Kier molecular flexibility index (Phi) is 50.3. The van der Waals surface area contributed by atoms with Gasteiger partial charge >= 0.3 is 5.97 Å². The number of hydrogen-bond acceptors (Lipinski definition) is 7. The van der Waals surface area contributed by atoms with Crippen molar-refractivity contribution in [3.8, 4) is 0 Å². The Bertz CT molecular complexity index is 1680. The number of phosphoric acid groups is 1. The summed E-state index contributed by atoms with van der Waals surface area (Å²) in [5.74, 6) is -0.618. The summed E-state index contributed by atoms with van der Waals surface area (Å²) in [7, 11) is 1.13. The molecule has 0 radical (unpaired) electrons. The zero-order chi connectivity index (χ0) is 54.3. The van der Waals surface area contributed by atoms with Gasteiger partial charge in [0.15, 0.2) is 0 Å². The molecule has 1 amide bonds. The number of esters is 1. The minimum atomic E-state index is -4.72. The number of unbranched alkanes of at least 4 members (excludes halogenated alkanes) is 17. The van der Waals surface area contributed by atoms with Crippen molar-refractivity contribution in [3.63, 3.8) is 0 Å². The van der Waals surface area contributed by atoms with Gasteiger partial charge in [-0.2, -0.15) is 0 Å². The van der Waals surface area contributed by atoms with Gasteiger partial charge in [0.1, 0.15) is 19.3 Å². The fourth-order valence-corrected chi connectivity index (χ4v) is 8.38. The number of hydrogen-bond donors (Lipinski definition) is 1. The number of carbonyl (C=O) groups is 2. The lowest BCUT2D eigenvalue weighted by molar-refractivity contribution is -0.870. The monoisotopic (exact) mass is 1050 g/mol. The quantitative estimate of drug-likeness (QED) is 0.0212. The van der Waals surface area contributed by atoms with Gasteiger partial charge in [0.25, 0.3) is 7.82 Å². The molecule has 3 atom stereocenters. The van der Waals surface area contributed by atoms with Crippen LogP contribution in [0.3, 0.4) is 0 Å². The summed E-state index contributed by atoms with van der Waals surface area (Å²) >= 11 is 0. The van der Waals surface area contributed by atoms with E-state index < -0.39 is 32.5 Å². The molecule has 9 nitrogen and oxygen atoms in total. The molecule has 0 aliphatic heterocycles. The van der Waals surface area contributed by atoms with Gasteiger partial charge in [-0.3, -0.25) is 14.2 Å². The molecular formula is C64H109N2O7P. The van der Waals surface area contributed by atoms with Crippen LogP contribution in [0.5, 0.6) is 0 Å². The molecule has 0 fully saturated rings. The van der Waals surface area contributed by atoms with Crippen molar-refractivity contribution in [1.29, 1.82) is 0 Å². The van der Waals surface area contributed by atoms with E-state index in [0.717, 1.165) is 128 Å². The Morgan fingerprint density at radius 3 is 1.31 bits per heavy atom. The Balaban J connectivity index is 5.39. The van der Waals surface area contributed by atoms with Gasteiger partial charge in [0.2, 0.25) is 5.91 Å². The first kappa shape index (κ1) is 70.4. The van der Waals surface area contributed by atoms with Crippen LogP contribution in [0.15, 0.2) is 122 Å². The van der Waals surface area contributed by atoms with Gasteiger partial charge in [-0.15, -0.1) is 0 Å². The molecule has 74 heavy (non-hydrogen) atoms. The average molecular weight is 1050 g/mol. The molecule has 0 aliphatic rings. The third-order valence-electron chi connectivity index (χ3n) is 12.1. The molecule has 0 aromatic rings. The Morgan fingerprint density at radius 1 is 0.486 bits per heavy atom. The number of amides is 1. The highest BCUT2D eigenvalue weighted by molar-refractivity contribution is 7.45. The molecule has 0 saturated carbocycles. The number of likely N-dealkylation sites (N-methyl/N-ethyl adjacent to an activating group) is 1. The van der Waals surface area contributed by atoms with Crippen molar-refractivity contribution in [2.24, 2.45) is 0 Å². The predicted octanol–water partition coefficient (Wildman–Crippen LogP) is 17.3. The molecule has 0 aromatic carbocycles. The summed E-state index contributed by atoms with van der Waals surface area (Å²) in [6.45, 7) is 6.54. The van der Waals surface area contributed by atoms with Gasteiger partial charge < -0.3 is 28.5 Å². The van der Waals surface area contributed by atoms with Gasteiger partial charge in [0, 0.05) is 12.8 Å². The summed E-state index contributed by atoms with van der Waals surface area (Å²) in [4.78, 5) is 39.9. The number of phosphoric ester groups is 1. The second kappa shape index (κ2) is 52.8. The number of nitrogens with one attached hydrogen (secondary N) is 1. The highest BCUT2D eigenvalue weighted by Gasteiger charge is 2.27.